The highest BCUT2D eigenvalue weighted by Crippen LogP contribution is 2.24. The van der Waals surface area contributed by atoms with E-state index in [4.69, 9.17) is 0 Å². The lowest BCUT2D eigenvalue weighted by Gasteiger charge is -2.07. The summed E-state index contributed by atoms with van der Waals surface area (Å²) >= 11 is 1.57. The molecule has 0 saturated carbocycles. The van der Waals surface area contributed by atoms with E-state index in [1.54, 1.807) is 24.3 Å². The summed E-state index contributed by atoms with van der Waals surface area (Å²) in [6.45, 7) is 2.21. The summed E-state index contributed by atoms with van der Waals surface area (Å²) < 4.78 is 3.21. The number of thiazole rings is 1. The second-order valence-corrected chi connectivity index (χ2v) is 6.50. The molecule has 26 heavy (non-hydrogen) atoms. The van der Waals surface area contributed by atoms with Gasteiger partial charge in [-0.25, -0.2) is 9.67 Å². The molecular formula is C18H15N5O2S. The zero-order valence-corrected chi connectivity index (χ0v) is 14.7. The Balaban J connectivity index is 1.59. The van der Waals surface area contributed by atoms with Crippen molar-refractivity contribution in [2.75, 3.05) is 5.32 Å². The van der Waals surface area contributed by atoms with E-state index in [0.717, 1.165) is 16.2 Å². The smallest absolute Gasteiger partial charge is 0.276 e. The number of hydrogen-bond acceptors (Lipinski definition) is 5. The predicted molar refractivity (Wildman–Crippen MR) is 101 cm³/mol. The molecular weight excluding hydrogens is 350 g/mol. The molecule has 0 bridgehead atoms. The summed E-state index contributed by atoms with van der Waals surface area (Å²) in [5.41, 5.74) is 2.35. The number of nitrogens with one attached hydrogen (secondary N) is 1. The van der Waals surface area contributed by atoms with Gasteiger partial charge in [0.05, 0.1) is 5.69 Å². The fraction of sp³-hybridized carbons (Fsp3) is 0.111. The molecule has 0 aliphatic carbocycles. The maximum atomic E-state index is 12.4. The van der Waals surface area contributed by atoms with Gasteiger partial charge in [-0.3, -0.25) is 14.0 Å². The number of carbonyl (C=O) groups excluding carboxylic acids is 1. The van der Waals surface area contributed by atoms with Crippen molar-refractivity contribution in [3.05, 3.63) is 70.2 Å². The maximum absolute atomic E-state index is 12.4. The minimum absolute atomic E-state index is 0.194. The Morgan fingerprint density at radius 2 is 2.15 bits per heavy atom. The van der Waals surface area contributed by atoms with Gasteiger partial charge in [0.25, 0.3) is 11.5 Å². The fourth-order valence-corrected chi connectivity index (χ4v) is 3.31. The number of nitrogens with zero attached hydrogens (tertiary/aromatic N) is 4. The largest absolute Gasteiger partial charge is 0.321 e. The van der Waals surface area contributed by atoms with Crippen LogP contribution in [0, 0.1) is 0 Å². The van der Waals surface area contributed by atoms with E-state index in [1.807, 2.05) is 40.4 Å². The third-order valence-electron chi connectivity index (χ3n) is 3.91. The van der Waals surface area contributed by atoms with Gasteiger partial charge in [0, 0.05) is 41.6 Å². The first-order chi connectivity index (χ1) is 12.6. The lowest BCUT2D eigenvalue weighted by molar-refractivity contribution is 0.102. The van der Waals surface area contributed by atoms with Gasteiger partial charge in [-0.1, -0.05) is 12.1 Å². The van der Waals surface area contributed by atoms with Gasteiger partial charge in [-0.15, -0.1) is 11.3 Å². The summed E-state index contributed by atoms with van der Waals surface area (Å²) in [6.07, 6.45) is 3.90. The van der Waals surface area contributed by atoms with Crippen LogP contribution in [0.1, 0.15) is 17.4 Å². The number of carbonyl (C=O) groups is 1. The van der Waals surface area contributed by atoms with Crippen LogP contribution in [0.4, 0.5) is 5.69 Å². The van der Waals surface area contributed by atoms with Crippen LogP contribution < -0.4 is 10.9 Å². The number of fused-ring (bicyclic) bond motifs is 1. The molecule has 1 aromatic carbocycles. The van der Waals surface area contributed by atoms with Gasteiger partial charge in [-0.2, -0.15) is 5.10 Å². The second kappa shape index (κ2) is 6.57. The molecule has 3 heterocycles. The summed E-state index contributed by atoms with van der Waals surface area (Å²) in [4.78, 5) is 29.5. The number of rotatable bonds is 4. The number of aryl methyl sites for hydroxylation is 1. The molecule has 4 rings (SSSR count). The van der Waals surface area contributed by atoms with E-state index in [-0.39, 0.29) is 17.2 Å². The third kappa shape index (κ3) is 3.02. The summed E-state index contributed by atoms with van der Waals surface area (Å²) in [7, 11) is 0. The van der Waals surface area contributed by atoms with Crippen LogP contribution in [0.3, 0.4) is 0 Å². The van der Waals surface area contributed by atoms with Gasteiger partial charge in [-0.05, 0) is 25.1 Å². The molecule has 0 atom stereocenters. The van der Waals surface area contributed by atoms with Crippen LogP contribution in [0.5, 0.6) is 0 Å². The van der Waals surface area contributed by atoms with Crippen LogP contribution >= 0.6 is 11.3 Å². The van der Waals surface area contributed by atoms with E-state index >= 15 is 0 Å². The zero-order chi connectivity index (χ0) is 18.1. The Kier molecular flexibility index (Phi) is 4.10. The molecule has 0 unspecified atom stereocenters. The number of anilines is 1. The molecule has 1 amide bonds. The highest BCUT2D eigenvalue weighted by Gasteiger charge is 2.11. The van der Waals surface area contributed by atoms with Crippen molar-refractivity contribution in [3.63, 3.8) is 0 Å². The molecule has 4 aromatic rings. The molecule has 0 aliphatic rings. The SMILES string of the molecule is CCn1nc(C(=O)Nc2cccc(-c3cn4ccsc4n3)c2)ccc1=O. The number of amides is 1. The molecule has 7 nitrogen and oxygen atoms in total. The van der Waals surface area contributed by atoms with Crippen molar-refractivity contribution in [2.45, 2.75) is 13.5 Å². The minimum Gasteiger partial charge on any atom is -0.321 e. The monoisotopic (exact) mass is 365 g/mol. The normalized spacial score (nSPS) is 11.0. The summed E-state index contributed by atoms with van der Waals surface area (Å²) in [6, 6.07) is 10.2. The standard InChI is InChI=1S/C18H15N5O2S/c1-2-23-16(24)7-6-14(21-23)17(25)19-13-5-3-4-12(10-13)15-11-22-8-9-26-18(22)20-15/h3-11H,2H2,1H3,(H,19,25). The number of benzene rings is 1. The van der Waals surface area contributed by atoms with Gasteiger partial charge in [0.15, 0.2) is 4.96 Å². The third-order valence-corrected chi connectivity index (χ3v) is 4.68. The minimum atomic E-state index is -0.366. The molecule has 130 valence electrons. The quantitative estimate of drug-likeness (QED) is 0.603. The van der Waals surface area contributed by atoms with Crippen LogP contribution in [-0.2, 0) is 6.54 Å². The zero-order valence-electron chi connectivity index (χ0n) is 13.9. The van der Waals surface area contributed by atoms with Crippen molar-refractivity contribution >= 4 is 27.9 Å². The van der Waals surface area contributed by atoms with Crippen LogP contribution in [0.2, 0.25) is 0 Å². The van der Waals surface area contributed by atoms with Gasteiger partial charge >= 0.3 is 0 Å². The Morgan fingerprint density at radius 3 is 2.96 bits per heavy atom. The molecule has 1 N–H and O–H groups in total. The summed E-state index contributed by atoms with van der Waals surface area (Å²) in [5.74, 6) is -0.366. The summed E-state index contributed by atoms with van der Waals surface area (Å²) in [5, 5.41) is 8.86. The van der Waals surface area contributed by atoms with Crippen molar-refractivity contribution in [1.82, 2.24) is 19.2 Å². The molecule has 0 saturated heterocycles. The number of hydrogen-bond donors (Lipinski definition) is 1. The van der Waals surface area contributed by atoms with Gasteiger partial charge in [0.1, 0.15) is 5.69 Å². The van der Waals surface area contributed by atoms with E-state index in [0.29, 0.717) is 12.2 Å². The number of aromatic nitrogens is 4. The Labute approximate surface area is 152 Å². The van der Waals surface area contributed by atoms with Crippen molar-refractivity contribution in [3.8, 4) is 11.3 Å². The van der Waals surface area contributed by atoms with Crippen LogP contribution in [0.25, 0.3) is 16.2 Å². The first kappa shape index (κ1) is 16.2. The van der Waals surface area contributed by atoms with E-state index in [2.05, 4.69) is 15.4 Å². The van der Waals surface area contributed by atoms with E-state index in [1.165, 1.54) is 16.8 Å². The molecule has 0 spiro atoms. The molecule has 0 aliphatic heterocycles. The first-order valence-corrected chi connectivity index (χ1v) is 8.94. The average molecular weight is 365 g/mol. The van der Waals surface area contributed by atoms with Crippen molar-refractivity contribution in [1.29, 1.82) is 0 Å². The molecule has 0 radical (unpaired) electrons. The molecule has 0 fully saturated rings. The van der Waals surface area contributed by atoms with Gasteiger partial charge in [0.2, 0.25) is 0 Å². The highest BCUT2D eigenvalue weighted by atomic mass is 32.1. The lowest BCUT2D eigenvalue weighted by Crippen LogP contribution is -2.25. The Hall–Kier alpha value is -3.26. The van der Waals surface area contributed by atoms with E-state index in [9.17, 15) is 9.59 Å². The first-order valence-electron chi connectivity index (χ1n) is 8.06. The fourth-order valence-electron chi connectivity index (χ4n) is 2.61. The molecule has 8 heteroatoms. The Bertz CT molecular complexity index is 1130. The lowest BCUT2D eigenvalue weighted by atomic mass is 10.1. The maximum Gasteiger partial charge on any atom is 0.276 e. The van der Waals surface area contributed by atoms with Crippen molar-refractivity contribution in [2.24, 2.45) is 0 Å². The average Bonchev–Trinajstić information content (AvgIpc) is 3.24. The van der Waals surface area contributed by atoms with E-state index < -0.39 is 0 Å². The van der Waals surface area contributed by atoms with Gasteiger partial charge < -0.3 is 5.32 Å². The predicted octanol–water partition coefficient (Wildman–Crippen LogP) is 2.89. The topological polar surface area (TPSA) is 81.3 Å². The second-order valence-electron chi connectivity index (χ2n) is 5.63. The van der Waals surface area contributed by atoms with Crippen molar-refractivity contribution < 1.29 is 4.79 Å². The van der Waals surface area contributed by atoms with Crippen LogP contribution in [0.15, 0.2) is 59.0 Å². The Morgan fingerprint density at radius 1 is 1.27 bits per heavy atom. The van der Waals surface area contributed by atoms with Crippen LogP contribution in [-0.4, -0.2) is 25.1 Å². The molecule has 3 aromatic heterocycles. The number of imidazole rings is 1. The highest BCUT2D eigenvalue weighted by molar-refractivity contribution is 7.15.